The van der Waals surface area contributed by atoms with Crippen molar-refractivity contribution >= 4 is 35.2 Å². The minimum absolute atomic E-state index is 0.0343. The normalized spacial score (nSPS) is 11.1. The lowest BCUT2D eigenvalue weighted by atomic mass is 10.1. The second kappa shape index (κ2) is 9.54. The van der Waals surface area contributed by atoms with E-state index < -0.39 is 11.9 Å². The molecule has 0 spiro atoms. The van der Waals surface area contributed by atoms with Gasteiger partial charge in [-0.1, -0.05) is 23.7 Å². The van der Waals surface area contributed by atoms with Crippen molar-refractivity contribution in [3.05, 3.63) is 87.2 Å². The summed E-state index contributed by atoms with van der Waals surface area (Å²) in [7, 11) is 1.34. The Morgan fingerprint density at radius 2 is 1.84 bits per heavy atom. The zero-order chi connectivity index (χ0) is 23.4. The summed E-state index contributed by atoms with van der Waals surface area (Å²) in [5, 5.41) is 12.9. The topological polar surface area (TPSA) is 84.1 Å². The summed E-state index contributed by atoms with van der Waals surface area (Å²) in [4.78, 5) is 24.6. The van der Waals surface area contributed by atoms with E-state index in [0.717, 1.165) is 28.2 Å². The molecule has 1 aromatic heterocycles. The first-order valence-corrected chi connectivity index (χ1v) is 10.2. The molecular weight excluding hydrogens is 426 g/mol. The third-order valence-electron chi connectivity index (χ3n) is 5.18. The SMILES string of the molecule is COC(=O)c1cccc(-n2c(C)cc(/C=C(/C#N)C(=O)Nc3cccc(Cl)c3C)c2C)c1. The lowest BCUT2D eigenvalue weighted by molar-refractivity contribution is -0.112. The number of esters is 1. The molecular formula is C25H22ClN3O3. The summed E-state index contributed by atoms with van der Waals surface area (Å²) in [6, 6.07) is 16.1. The number of aromatic nitrogens is 1. The lowest BCUT2D eigenvalue weighted by Gasteiger charge is -2.11. The highest BCUT2D eigenvalue weighted by molar-refractivity contribution is 6.31. The van der Waals surface area contributed by atoms with Crippen molar-refractivity contribution in [1.29, 1.82) is 5.26 Å². The molecule has 0 bridgehead atoms. The maximum Gasteiger partial charge on any atom is 0.337 e. The van der Waals surface area contributed by atoms with Gasteiger partial charge in [0.25, 0.3) is 5.91 Å². The molecule has 0 radical (unpaired) electrons. The van der Waals surface area contributed by atoms with Crippen LogP contribution in [0.4, 0.5) is 5.69 Å². The van der Waals surface area contributed by atoms with E-state index in [1.54, 1.807) is 49.4 Å². The Morgan fingerprint density at radius 1 is 1.12 bits per heavy atom. The first kappa shape index (κ1) is 22.9. The van der Waals surface area contributed by atoms with E-state index in [1.165, 1.54) is 7.11 Å². The number of nitrogens with zero attached hydrogens (tertiary/aromatic N) is 2. The van der Waals surface area contributed by atoms with Gasteiger partial charge in [0.2, 0.25) is 0 Å². The average molecular weight is 448 g/mol. The molecule has 0 aliphatic rings. The number of methoxy groups -OCH3 is 1. The van der Waals surface area contributed by atoms with Gasteiger partial charge in [-0.15, -0.1) is 0 Å². The van der Waals surface area contributed by atoms with Gasteiger partial charge in [-0.25, -0.2) is 4.79 Å². The molecule has 6 nitrogen and oxygen atoms in total. The molecule has 0 aliphatic heterocycles. The van der Waals surface area contributed by atoms with Crippen LogP contribution >= 0.6 is 11.6 Å². The Balaban J connectivity index is 1.96. The fraction of sp³-hybridized carbons (Fsp3) is 0.160. The van der Waals surface area contributed by atoms with Gasteiger partial charge in [-0.05, 0) is 74.4 Å². The van der Waals surface area contributed by atoms with Gasteiger partial charge in [0.15, 0.2) is 0 Å². The van der Waals surface area contributed by atoms with E-state index in [4.69, 9.17) is 16.3 Å². The molecule has 0 atom stereocenters. The van der Waals surface area contributed by atoms with Crippen molar-refractivity contribution < 1.29 is 14.3 Å². The average Bonchev–Trinajstić information content (AvgIpc) is 3.07. The summed E-state index contributed by atoms with van der Waals surface area (Å²) < 4.78 is 6.76. The second-order valence-corrected chi connectivity index (χ2v) is 7.65. The minimum Gasteiger partial charge on any atom is -0.465 e. The Hall–Kier alpha value is -3.82. The predicted octanol–water partition coefficient (Wildman–Crippen LogP) is 5.39. The molecule has 162 valence electrons. The molecule has 0 fully saturated rings. The zero-order valence-corrected chi connectivity index (χ0v) is 18.9. The summed E-state index contributed by atoms with van der Waals surface area (Å²) in [6.45, 7) is 5.60. The van der Waals surface area contributed by atoms with Crippen molar-refractivity contribution in [2.75, 3.05) is 12.4 Å². The van der Waals surface area contributed by atoms with Crippen molar-refractivity contribution in [3.8, 4) is 11.8 Å². The molecule has 3 rings (SSSR count). The molecule has 32 heavy (non-hydrogen) atoms. The zero-order valence-electron chi connectivity index (χ0n) is 18.2. The van der Waals surface area contributed by atoms with Crippen LogP contribution in [0.25, 0.3) is 11.8 Å². The highest BCUT2D eigenvalue weighted by Gasteiger charge is 2.16. The number of carbonyl (C=O) groups is 2. The highest BCUT2D eigenvalue weighted by atomic mass is 35.5. The van der Waals surface area contributed by atoms with Crippen molar-refractivity contribution in [2.45, 2.75) is 20.8 Å². The number of nitrogens with one attached hydrogen (secondary N) is 1. The maximum atomic E-state index is 12.7. The molecule has 0 saturated carbocycles. The third-order valence-corrected chi connectivity index (χ3v) is 5.59. The summed E-state index contributed by atoms with van der Waals surface area (Å²) >= 11 is 6.12. The van der Waals surface area contributed by atoms with Crippen LogP contribution < -0.4 is 5.32 Å². The fourth-order valence-electron chi connectivity index (χ4n) is 3.46. The summed E-state index contributed by atoms with van der Waals surface area (Å²) in [6.07, 6.45) is 1.55. The van der Waals surface area contributed by atoms with Crippen molar-refractivity contribution in [1.82, 2.24) is 4.57 Å². The number of nitriles is 1. The lowest BCUT2D eigenvalue weighted by Crippen LogP contribution is -2.14. The number of hydrogen-bond acceptors (Lipinski definition) is 4. The van der Waals surface area contributed by atoms with E-state index in [0.29, 0.717) is 16.3 Å². The van der Waals surface area contributed by atoms with Gasteiger partial charge < -0.3 is 14.6 Å². The number of anilines is 1. The molecule has 0 saturated heterocycles. The number of carbonyl (C=O) groups excluding carboxylic acids is 2. The number of halogens is 1. The monoisotopic (exact) mass is 447 g/mol. The number of ether oxygens (including phenoxy) is 1. The van der Waals surface area contributed by atoms with Crippen LogP contribution in [0.5, 0.6) is 0 Å². The molecule has 0 unspecified atom stereocenters. The van der Waals surface area contributed by atoms with Gasteiger partial charge in [0, 0.05) is 27.8 Å². The van der Waals surface area contributed by atoms with Gasteiger partial charge in [-0.3, -0.25) is 4.79 Å². The molecule has 1 heterocycles. The molecule has 2 aromatic carbocycles. The summed E-state index contributed by atoms with van der Waals surface area (Å²) in [5.41, 5.74) is 4.89. The predicted molar refractivity (Wildman–Crippen MR) is 125 cm³/mol. The first-order chi connectivity index (χ1) is 15.3. The van der Waals surface area contributed by atoms with Crippen LogP contribution in [-0.2, 0) is 9.53 Å². The van der Waals surface area contributed by atoms with Gasteiger partial charge >= 0.3 is 5.97 Å². The quantitative estimate of drug-likeness (QED) is 0.323. The summed E-state index contributed by atoms with van der Waals surface area (Å²) in [5.74, 6) is -0.940. The Bertz CT molecular complexity index is 1280. The molecule has 1 amide bonds. The van der Waals surface area contributed by atoms with E-state index >= 15 is 0 Å². The van der Waals surface area contributed by atoms with E-state index in [9.17, 15) is 14.9 Å². The molecule has 3 aromatic rings. The number of aryl methyl sites for hydroxylation is 1. The largest absolute Gasteiger partial charge is 0.465 e. The number of rotatable bonds is 5. The van der Waals surface area contributed by atoms with Crippen LogP contribution in [-0.4, -0.2) is 23.6 Å². The molecule has 0 aliphatic carbocycles. The van der Waals surface area contributed by atoms with Crippen LogP contribution in [0.15, 0.2) is 54.1 Å². The van der Waals surface area contributed by atoms with E-state index in [-0.39, 0.29) is 5.57 Å². The minimum atomic E-state index is -0.518. The molecule has 1 N–H and O–H groups in total. The van der Waals surface area contributed by atoms with Gasteiger partial charge in [-0.2, -0.15) is 5.26 Å². The van der Waals surface area contributed by atoms with Crippen LogP contribution in [0.2, 0.25) is 5.02 Å². The third kappa shape index (κ3) is 4.58. The van der Waals surface area contributed by atoms with Crippen LogP contribution in [0, 0.1) is 32.1 Å². The fourth-order valence-corrected chi connectivity index (χ4v) is 3.63. The number of amides is 1. The van der Waals surface area contributed by atoms with E-state index in [1.807, 2.05) is 36.6 Å². The Kier molecular flexibility index (Phi) is 6.82. The first-order valence-electron chi connectivity index (χ1n) is 9.82. The Morgan fingerprint density at radius 3 is 2.53 bits per heavy atom. The number of hydrogen-bond donors (Lipinski definition) is 1. The van der Waals surface area contributed by atoms with Gasteiger partial charge in [0.05, 0.1) is 12.7 Å². The maximum absolute atomic E-state index is 12.7. The van der Waals surface area contributed by atoms with E-state index in [2.05, 4.69) is 5.32 Å². The Labute approximate surface area is 191 Å². The standard InChI is InChI=1S/C25H22ClN3O3/c1-15-11-19(17(3)29(15)21-8-5-7-18(13-21)25(31)32-4)12-20(14-27)24(30)28-23-10-6-9-22(26)16(23)2/h5-13H,1-4H3,(H,28,30)/b20-12-. The highest BCUT2D eigenvalue weighted by Crippen LogP contribution is 2.26. The van der Waals surface area contributed by atoms with Crippen LogP contribution in [0.1, 0.15) is 32.9 Å². The van der Waals surface area contributed by atoms with Gasteiger partial charge in [0.1, 0.15) is 11.6 Å². The van der Waals surface area contributed by atoms with Crippen molar-refractivity contribution in [2.24, 2.45) is 0 Å². The second-order valence-electron chi connectivity index (χ2n) is 7.24. The molecule has 7 heteroatoms. The van der Waals surface area contributed by atoms with Crippen molar-refractivity contribution in [3.63, 3.8) is 0 Å². The smallest absolute Gasteiger partial charge is 0.337 e. The number of benzene rings is 2. The van der Waals surface area contributed by atoms with Crippen LogP contribution in [0.3, 0.4) is 0 Å².